The molecule has 0 unspecified atom stereocenters. The normalized spacial score (nSPS) is 17.2. The Hall–Kier alpha value is -2.60. The van der Waals surface area contributed by atoms with Gasteiger partial charge in [0.25, 0.3) is 0 Å². The van der Waals surface area contributed by atoms with E-state index >= 15 is 0 Å². The van der Waals surface area contributed by atoms with Crippen molar-refractivity contribution in [2.45, 2.75) is 6.54 Å². The van der Waals surface area contributed by atoms with Crippen LogP contribution < -0.4 is 14.4 Å². The molecular weight excluding hydrogens is 308 g/mol. The highest BCUT2D eigenvalue weighted by Gasteiger charge is 2.21. The molecule has 0 spiro atoms. The van der Waals surface area contributed by atoms with Crippen LogP contribution in [0.1, 0.15) is 5.56 Å². The van der Waals surface area contributed by atoms with Crippen LogP contribution in [0, 0.1) is 0 Å². The lowest BCUT2D eigenvalue weighted by atomic mass is 10.1. The molecule has 1 fully saturated rings. The Labute approximate surface area is 140 Å². The Kier molecular flexibility index (Phi) is 3.82. The van der Waals surface area contributed by atoms with Crippen LogP contribution in [0.15, 0.2) is 36.4 Å². The first-order valence-corrected chi connectivity index (χ1v) is 8.07. The molecule has 0 radical (unpaired) electrons. The van der Waals surface area contributed by atoms with E-state index in [1.807, 2.05) is 18.2 Å². The zero-order chi connectivity index (χ0) is 16.5. The number of phenolic OH excluding ortho intramolecular Hbond substituents is 2. The molecule has 0 amide bonds. The molecule has 0 aliphatic carbocycles. The van der Waals surface area contributed by atoms with Crippen molar-refractivity contribution in [3.8, 4) is 23.0 Å². The molecule has 6 nitrogen and oxygen atoms in total. The number of nitrogens with zero attached hydrogens (tertiary/aromatic N) is 2. The van der Waals surface area contributed by atoms with E-state index < -0.39 is 0 Å². The second-order valence-electron chi connectivity index (χ2n) is 6.11. The maximum Gasteiger partial charge on any atom is 0.231 e. The molecule has 2 aromatic carbocycles. The molecule has 0 bridgehead atoms. The summed E-state index contributed by atoms with van der Waals surface area (Å²) in [7, 11) is 0. The number of fused-ring (bicyclic) bond motifs is 1. The summed E-state index contributed by atoms with van der Waals surface area (Å²) < 4.78 is 10.7. The molecule has 2 aliphatic rings. The van der Waals surface area contributed by atoms with Gasteiger partial charge in [0.05, 0.1) is 0 Å². The first-order valence-electron chi connectivity index (χ1n) is 8.07. The molecule has 1 saturated heterocycles. The SMILES string of the molecule is Oc1ccc(N2CCN(Cc3cc4c(cc3O)OCO4)CC2)cc1. The number of aromatic hydroxyl groups is 2. The van der Waals surface area contributed by atoms with Crippen molar-refractivity contribution in [3.05, 3.63) is 42.0 Å². The summed E-state index contributed by atoms with van der Waals surface area (Å²) in [5.74, 6) is 1.84. The van der Waals surface area contributed by atoms with Crippen molar-refractivity contribution in [2.24, 2.45) is 0 Å². The van der Waals surface area contributed by atoms with Gasteiger partial charge in [-0.2, -0.15) is 0 Å². The summed E-state index contributed by atoms with van der Waals surface area (Å²) in [6, 6.07) is 10.8. The fourth-order valence-corrected chi connectivity index (χ4v) is 3.17. The molecule has 2 heterocycles. The van der Waals surface area contributed by atoms with E-state index in [9.17, 15) is 10.2 Å². The Morgan fingerprint density at radius 1 is 0.875 bits per heavy atom. The van der Waals surface area contributed by atoms with Gasteiger partial charge >= 0.3 is 0 Å². The topological polar surface area (TPSA) is 65.4 Å². The Bertz CT molecular complexity index is 725. The van der Waals surface area contributed by atoms with Gasteiger partial charge in [0.1, 0.15) is 11.5 Å². The minimum absolute atomic E-state index is 0.212. The van der Waals surface area contributed by atoms with Crippen LogP contribution in [0.25, 0.3) is 0 Å². The highest BCUT2D eigenvalue weighted by atomic mass is 16.7. The summed E-state index contributed by atoms with van der Waals surface area (Å²) in [5, 5.41) is 19.5. The van der Waals surface area contributed by atoms with E-state index in [4.69, 9.17) is 9.47 Å². The third kappa shape index (κ3) is 2.92. The summed E-state index contributed by atoms with van der Waals surface area (Å²) in [5.41, 5.74) is 1.98. The van der Waals surface area contributed by atoms with E-state index in [1.165, 1.54) is 0 Å². The lowest BCUT2D eigenvalue weighted by molar-refractivity contribution is 0.173. The predicted molar refractivity (Wildman–Crippen MR) is 89.8 cm³/mol. The van der Waals surface area contributed by atoms with E-state index in [-0.39, 0.29) is 18.3 Å². The van der Waals surface area contributed by atoms with E-state index in [2.05, 4.69) is 9.80 Å². The van der Waals surface area contributed by atoms with E-state index in [0.29, 0.717) is 18.0 Å². The lowest BCUT2D eigenvalue weighted by Crippen LogP contribution is -2.45. The highest BCUT2D eigenvalue weighted by Crippen LogP contribution is 2.38. The molecule has 0 atom stereocenters. The molecule has 2 aliphatic heterocycles. The molecule has 2 aromatic rings. The van der Waals surface area contributed by atoms with Crippen molar-refractivity contribution < 1.29 is 19.7 Å². The summed E-state index contributed by atoms with van der Waals surface area (Å²) >= 11 is 0. The van der Waals surface area contributed by atoms with E-state index in [0.717, 1.165) is 37.4 Å². The predicted octanol–water partition coefficient (Wildman–Crippen LogP) is 2.15. The molecule has 0 aromatic heterocycles. The Morgan fingerprint density at radius 2 is 1.54 bits per heavy atom. The number of ether oxygens (including phenoxy) is 2. The van der Waals surface area contributed by atoms with Crippen molar-refractivity contribution >= 4 is 5.69 Å². The van der Waals surface area contributed by atoms with Crippen molar-refractivity contribution in [1.29, 1.82) is 0 Å². The third-order valence-electron chi connectivity index (χ3n) is 4.55. The van der Waals surface area contributed by atoms with Crippen molar-refractivity contribution in [3.63, 3.8) is 0 Å². The van der Waals surface area contributed by atoms with Gasteiger partial charge in [0.2, 0.25) is 6.79 Å². The quantitative estimate of drug-likeness (QED) is 0.900. The Balaban J connectivity index is 1.39. The molecule has 2 N–H and O–H groups in total. The Morgan fingerprint density at radius 3 is 2.25 bits per heavy atom. The highest BCUT2D eigenvalue weighted by molar-refractivity contribution is 5.51. The fourth-order valence-electron chi connectivity index (χ4n) is 3.17. The zero-order valence-corrected chi connectivity index (χ0v) is 13.3. The number of hydrogen-bond acceptors (Lipinski definition) is 6. The van der Waals surface area contributed by atoms with Gasteiger partial charge in [-0.05, 0) is 30.3 Å². The monoisotopic (exact) mass is 328 g/mol. The van der Waals surface area contributed by atoms with Gasteiger partial charge in [0.15, 0.2) is 11.5 Å². The fraction of sp³-hybridized carbons (Fsp3) is 0.333. The van der Waals surface area contributed by atoms with Crippen LogP contribution in [0.3, 0.4) is 0 Å². The number of hydrogen-bond donors (Lipinski definition) is 2. The van der Waals surface area contributed by atoms with Crippen LogP contribution in [0.4, 0.5) is 5.69 Å². The average molecular weight is 328 g/mol. The first kappa shape index (κ1) is 15.0. The second kappa shape index (κ2) is 6.13. The van der Waals surface area contributed by atoms with Crippen molar-refractivity contribution in [1.82, 2.24) is 4.90 Å². The molecular formula is C18H20N2O4. The maximum absolute atomic E-state index is 10.2. The number of piperazine rings is 1. The lowest BCUT2D eigenvalue weighted by Gasteiger charge is -2.36. The summed E-state index contributed by atoms with van der Waals surface area (Å²) in [6.07, 6.45) is 0. The number of phenols is 2. The standard InChI is InChI=1S/C18H20N2O4/c21-15-3-1-14(2-4-15)20-7-5-19(6-8-20)11-13-9-17-18(10-16(13)22)24-12-23-17/h1-4,9-10,21-22H,5-8,11-12H2. The van der Waals surface area contributed by atoms with Gasteiger partial charge in [0, 0.05) is 50.0 Å². The second-order valence-corrected chi connectivity index (χ2v) is 6.11. The molecule has 126 valence electrons. The van der Waals surface area contributed by atoms with Crippen LogP contribution >= 0.6 is 0 Å². The average Bonchev–Trinajstić information content (AvgIpc) is 3.04. The van der Waals surface area contributed by atoms with Gasteiger partial charge in [-0.1, -0.05) is 0 Å². The minimum Gasteiger partial charge on any atom is -0.508 e. The van der Waals surface area contributed by atoms with Crippen LogP contribution in [0.2, 0.25) is 0 Å². The smallest absolute Gasteiger partial charge is 0.231 e. The minimum atomic E-state index is 0.212. The molecule has 6 heteroatoms. The summed E-state index contributed by atoms with van der Waals surface area (Å²) in [6.45, 7) is 4.55. The van der Waals surface area contributed by atoms with Gasteiger partial charge < -0.3 is 24.6 Å². The van der Waals surface area contributed by atoms with Crippen LogP contribution in [0.5, 0.6) is 23.0 Å². The van der Waals surface area contributed by atoms with Crippen LogP contribution in [-0.2, 0) is 6.54 Å². The maximum atomic E-state index is 10.2. The number of rotatable bonds is 3. The largest absolute Gasteiger partial charge is 0.508 e. The molecule has 24 heavy (non-hydrogen) atoms. The number of anilines is 1. The first-order chi connectivity index (χ1) is 11.7. The zero-order valence-electron chi connectivity index (χ0n) is 13.3. The summed E-state index contributed by atoms with van der Waals surface area (Å²) in [4.78, 5) is 4.61. The molecule has 0 saturated carbocycles. The van der Waals surface area contributed by atoms with Gasteiger partial charge in [-0.15, -0.1) is 0 Å². The van der Waals surface area contributed by atoms with E-state index in [1.54, 1.807) is 18.2 Å². The van der Waals surface area contributed by atoms with Gasteiger partial charge in [-0.25, -0.2) is 0 Å². The molecule has 4 rings (SSSR count). The van der Waals surface area contributed by atoms with Crippen LogP contribution in [-0.4, -0.2) is 48.1 Å². The third-order valence-corrected chi connectivity index (χ3v) is 4.55. The number of benzene rings is 2. The van der Waals surface area contributed by atoms with Crippen molar-refractivity contribution in [2.75, 3.05) is 37.9 Å². The van der Waals surface area contributed by atoms with Gasteiger partial charge in [-0.3, -0.25) is 4.90 Å².